The van der Waals surface area contributed by atoms with Gasteiger partial charge in [-0.05, 0) is 27.1 Å². The number of likely N-dealkylation sites (tertiary alicyclic amines) is 1. The van der Waals surface area contributed by atoms with Crippen molar-refractivity contribution in [3.05, 3.63) is 12.2 Å². The van der Waals surface area contributed by atoms with Crippen LogP contribution in [0, 0.1) is 0 Å². The van der Waals surface area contributed by atoms with Gasteiger partial charge in [0.25, 0.3) is 0 Å². The molecular formula is C14H29N3O. The van der Waals surface area contributed by atoms with Crippen molar-refractivity contribution in [1.82, 2.24) is 15.1 Å². The Bertz CT molecular complexity index is 251. The fraction of sp³-hybridized carbons (Fsp3) is 0.786. The molecule has 4 heteroatoms. The van der Waals surface area contributed by atoms with Crippen LogP contribution in [0.5, 0.6) is 0 Å². The summed E-state index contributed by atoms with van der Waals surface area (Å²) in [6.45, 7) is 9.69. The molecule has 0 aromatic rings. The highest BCUT2D eigenvalue weighted by molar-refractivity contribution is 5.88. The monoisotopic (exact) mass is 255 g/mol. The molecule has 1 amide bonds. The predicted molar refractivity (Wildman–Crippen MR) is 77.7 cm³/mol. The van der Waals surface area contributed by atoms with Crippen LogP contribution in [0.1, 0.15) is 27.2 Å². The Kier molecular flexibility index (Phi) is 9.60. The van der Waals surface area contributed by atoms with E-state index in [1.165, 1.54) is 0 Å². The molecule has 1 N–H and O–H groups in total. The standard InChI is InChI=1S/C12H23N3O.C2H6/c1-4-13-10-11-7-9-15(11)12(16)6-5-8-14(2)3;1-2/h5-6,11,13H,4,7-10H2,1-3H3;1-2H3/b6-5+;. The van der Waals surface area contributed by atoms with Crippen LogP contribution in [-0.4, -0.2) is 62.0 Å². The van der Waals surface area contributed by atoms with Gasteiger partial charge in [-0.25, -0.2) is 0 Å². The minimum absolute atomic E-state index is 0.149. The van der Waals surface area contributed by atoms with Crippen LogP contribution in [0.25, 0.3) is 0 Å². The van der Waals surface area contributed by atoms with Gasteiger partial charge in [0.1, 0.15) is 0 Å². The van der Waals surface area contributed by atoms with Crippen LogP contribution < -0.4 is 5.32 Å². The van der Waals surface area contributed by atoms with Crippen LogP contribution in [0.2, 0.25) is 0 Å². The van der Waals surface area contributed by atoms with Gasteiger partial charge in [-0.1, -0.05) is 26.8 Å². The summed E-state index contributed by atoms with van der Waals surface area (Å²) in [6, 6.07) is 0.399. The van der Waals surface area contributed by atoms with Crippen LogP contribution >= 0.6 is 0 Å². The maximum atomic E-state index is 11.8. The van der Waals surface area contributed by atoms with E-state index >= 15 is 0 Å². The molecular weight excluding hydrogens is 226 g/mol. The molecule has 1 saturated heterocycles. The van der Waals surface area contributed by atoms with Crippen LogP contribution in [0.4, 0.5) is 0 Å². The highest BCUT2D eigenvalue weighted by Crippen LogP contribution is 2.16. The first kappa shape index (κ1) is 17.1. The summed E-state index contributed by atoms with van der Waals surface area (Å²) in [4.78, 5) is 15.8. The van der Waals surface area contributed by atoms with E-state index in [1.54, 1.807) is 6.08 Å². The van der Waals surface area contributed by atoms with Crippen molar-refractivity contribution >= 4 is 5.91 Å². The van der Waals surface area contributed by atoms with Crippen molar-refractivity contribution in [2.75, 3.05) is 40.3 Å². The summed E-state index contributed by atoms with van der Waals surface area (Å²) in [7, 11) is 3.98. The Balaban J connectivity index is 0.00000137. The molecule has 1 atom stereocenters. The summed E-state index contributed by atoms with van der Waals surface area (Å²) in [5.74, 6) is 0.149. The van der Waals surface area contributed by atoms with Gasteiger partial charge >= 0.3 is 0 Å². The van der Waals surface area contributed by atoms with E-state index in [0.29, 0.717) is 6.04 Å². The number of rotatable bonds is 6. The van der Waals surface area contributed by atoms with E-state index in [-0.39, 0.29) is 5.91 Å². The lowest BCUT2D eigenvalue weighted by Gasteiger charge is -2.40. The molecule has 0 aromatic heterocycles. The first-order valence-corrected chi connectivity index (χ1v) is 6.97. The van der Waals surface area contributed by atoms with Crippen molar-refractivity contribution in [1.29, 1.82) is 0 Å². The molecule has 0 aliphatic carbocycles. The summed E-state index contributed by atoms with van der Waals surface area (Å²) >= 11 is 0. The van der Waals surface area contributed by atoms with Gasteiger partial charge in [0, 0.05) is 31.8 Å². The highest BCUT2D eigenvalue weighted by atomic mass is 16.2. The second-order valence-electron chi connectivity index (χ2n) is 4.45. The Labute approximate surface area is 112 Å². The smallest absolute Gasteiger partial charge is 0.246 e. The molecule has 1 heterocycles. The minimum Gasteiger partial charge on any atom is -0.335 e. The van der Waals surface area contributed by atoms with E-state index in [9.17, 15) is 4.79 Å². The molecule has 18 heavy (non-hydrogen) atoms. The lowest BCUT2D eigenvalue weighted by molar-refractivity contribution is -0.133. The summed E-state index contributed by atoms with van der Waals surface area (Å²) in [6.07, 6.45) is 4.74. The highest BCUT2D eigenvalue weighted by Gasteiger charge is 2.29. The SMILES string of the molecule is CC.CCNCC1CCN1C(=O)/C=C/CN(C)C. The van der Waals surface area contributed by atoms with E-state index in [1.807, 2.05) is 43.8 Å². The number of carbonyl (C=O) groups is 1. The molecule has 0 aromatic carbocycles. The molecule has 1 rings (SSSR count). The molecule has 1 fully saturated rings. The van der Waals surface area contributed by atoms with Gasteiger partial charge in [-0.15, -0.1) is 0 Å². The number of hydrogen-bond acceptors (Lipinski definition) is 3. The molecule has 0 radical (unpaired) electrons. The van der Waals surface area contributed by atoms with Crippen molar-refractivity contribution in [2.24, 2.45) is 0 Å². The molecule has 1 aliphatic heterocycles. The third-order valence-corrected chi connectivity index (χ3v) is 2.79. The minimum atomic E-state index is 0.149. The van der Waals surface area contributed by atoms with Gasteiger partial charge in [0.15, 0.2) is 0 Å². The second-order valence-corrected chi connectivity index (χ2v) is 4.45. The predicted octanol–water partition coefficient (Wildman–Crippen LogP) is 1.34. The zero-order valence-electron chi connectivity index (χ0n) is 12.6. The van der Waals surface area contributed by atoms with Crippen molar-refractivity contribution < 1.29 is 4.79 Å². The molecule has 0 saturated carbocycles. The lowest BCUT2D eigenvalue weighted by Crippen LogP contribution is -2.54. The topological polar surface area (TPSA) is 35.6 Å². The third kappa shape index (κ3) is 6.17. The van der Waals surface area contributed by atoms with Crippen molar-refractivity contribution in [3.8, 4) is 0 Å². The van der Waals surface area contributed by atoms with E-state index < -0.39 is 0 Å². The Morgan fingerprint density at radius 2 is 2.11 bits per heavy atom. The fourth-order valence-corrected chi connectivity index (χ4v) is 1.71. The summed E-state index contributed by atoms with van der Waals surface area (Å²) in [5, 5.41) is 3.28. The molecule has 106 valence electrons. The Morgan fingerprint density at radius 1 is 1.44 bits per heavy atom. The van der Waals surface area contributed by atoms with Gasteiger partial charge in [0.2, 0.25) is 5.91 Å². The molecule has 0 bridgehead atoms. The largest absolute Gasteiger partial charge is 0.335 e. The van der Waals surface area contributed by atoms with Crippen molar-refractivity contribution in [2.45, 2.75) is 33.2 Å². The first-order chi connectivity index (χ1) is 8.65. The molecule has 4 nitrogen and oxygen atoms in total. The Hall–Kier alpha value is -0.870. The van der Waals surface area contributed by atoms with Crippen molar-refractivity contribution in [3.63, 3.8) is 0 Å². The zero-order valence-corrected chi connectivity index (χ0v) is 12.6. The van der Waals surface area contributed by atoms with Crippen LogP contribution in [0.15, 0.2) is 12.2 Å². The molecule has 1 aliphatic rings. The van der Waals surface area contributed by atoms with E-state index in [2.05, 4.69) is 12.2 Å². The van der Waals surface area contributed by atoms with Crippen LogP contribution in [-0.2, 0) is 4.79 Å². The number of likely N-dealkylation sites (N-methyl/N-ethyl adjacent to an activating group) is 2. The average Bonchev–Trinajstić information content (AvgIpc) is 2.30. The number of carbonyl (C=O) groups excluding carboxylic acids is 1. The number of nitrogens with one attached hydrogen (secondary N) is 1. The quantitative estimate of drug-likeness (QED) is 0.728. The van der Waals surface area contributed by atoms with Gasteiger partial charge in [-0.2, -0.15) is 0 Å². The summed E-state index contributed by atoms with van der Waals surface area (Å²) in [5.41, 5.74) is 0. The zero-order chi connectivity index (χ0) is 14.0. The maximum Gasteiger partial charge on any atom is 0.246 e. The van der Waals surface area contributed by atoms with Gasteiger partial charge in [-0.3, -0.25) is 4.79 Å². The van der Waals surface area contributed by atoms with Gasteiger partial charge < -0.3 is 15.1 Å². The number of amides is 1. The first-order valence-electron chi connectivity index (χ1n) is 6.97. The summed E-state index contributed by atoms with van der Waals surface area (Å²) < 4.78 is 0. The fourth-order valence-electron chi connectivity index (χ4n) is 1.71. The number of nitrogens with zero attached hydrogens (tertiary/aromatic N) is 2. The Morgan fingerprint density at radius 3 is 2.56 bits per heavy atom. The van der Waals surface area contributed by atoms with E-state index in [4.69, 9.17) is 0 Å². The molecule has 0 spiro atoms. The van der Waals surface area contributed by atoms with E-state index in [0.717, 1.165) is 32.6 Å². The van der Waals surface area contributed by atoms with Crippen LogP contribution in [0.3, 0.4) is 0 Å². The number of hydrogen-bond donors (Lipinski definition) is 1. The van der Waals surface area contributed by atoms with Gasteiger partial charge in [0.05, 0.1) is 0 Å². The molecule has 1 unspecified atom stereocenters. The third-order valence-electron chi connectivity index (χ3n) is 2.79. The average molecular weight is 255 g/mol. The maximum absolute atomic E-state index is 11.8. The normalized spacial score (nSPS) is 18.6. The lowest BCUT2D eigenvalue weighted by atomic mass is 10.0. The second kappa shape index (κ2) is 10.1.